The van der Waals surface area contributed by atoms with E-state index < -0.39 is 78.1 Å². The Morgan fingerprint density at radius 3 is 1.79 bits per heavy atom. The molecule has 0 aromatic heterocycles. The summed E-state index contributed by atoms with van der Waals surface area (Å²) in [6.45, 7) is 3.27. The lowest BCUT2D eigenvalue weighted by molar-refractivity contribution is -0.142. The number of carboxylic acid groups (broad SMARTS) is 2. The standard InChI is InChI=1S/C24H35N5O8S2/c1-12(2)19(23(35)28-17(11-39)24(36)37)29-22(34)15(8-13-6-4-3-5-7-13)27-21(33)16(9-18(30)31)26-20(32)14(25)10-38/h3-7,12,14-17,19,38-39H,8-11,25H2,1-2H3,(H,26,32)(H,27,33)(H,28,35)(H,29,34)(H,30,31)(H,36,37)/t14-,15-,16-,17-,19-/m0/s1. The molecule has 5 atom stereocenters. The molecule has 1 aromatic carbocycles. The molecule has 13 nitrogen and oxygen atoms in total. The van der Waals surface area contributed by atoms with Crippen molar-refractivity contribution in [3.05, 3.63) is 35.9 Å². The van der Waals surface area contributed by atoms with E-state index in [1.807, 2.05) is 0 Å². The molecule has 0 aliphatic carbocycles. The van der Waals surface area contributed by atoms with E-state index in [1.54, 1.807) is 44.2 Å². The molecular formula is C24H35N5O8S2. The summed E-state index contributed by atoms with van der Waals surface area (Å²) in [7, 11) is 0. The predicted octanol–water partition coefficient (Wildman–Crippen LogP) is -1.43. The molecule has 0 radical (unpaired) electrons. The third-order valence-electron chi connectivity index (χ3n) is 5.50. The fraction of sp³-hybridized carbons (Fsp3) is 0.500. The lowest BCUT2D eigenvalue weighted by atomic mass is 10.00. The molecule has 0 aliphatic rings. The molecule has 39 heavy (non-hydrogen) atoms. The topological polar surface area (TPSA) is 217 Å². The fourth-order valence-electron chi connectivity index (χ4n) is 3.31. The van der Waals surface area contributed by atoms with Gasteiger partial charge in [0.05, 0.1) is 12.5 Å². The molecule has 4 amide bonds. The monoisotopic (exact) mass is 585 g/mol. The highest BCUT2D eigenvalue weighted by Crippen LogP contribution is 2.08. The molecule has 15 heteroatoms. The van der Waals surface area contributed by atoms with Crippen molar-refractivity contribution in [1.82, 2.24) is 21.3 Å². The van der Waals surface area contributed by atoms with Crippen molar-refractivity contribution in [3.8, 4) is 0 Å². The van der Waals surface area contributed by atoms with E-state index in [4.69, 9.17) is 5.73 Å². The van der Waals surface area contributed by atoms with Gasteiger partial charge in [-0.15, -0.1) is 0 Å². The average molecular weight is 586 g/mol. The number of nitrogens with one attached hydrogen (secondary N) is 4. The number of carboxylic acids is 2. The molecule has 216 valence electrons. The van der Waals surface area contributed by atoms with Crippen molar-refractivity contribution in [3.63, 3.8) is 0 Å². The lowest BCUT2D eigenvalue weighted by Gasteiger charge is -2.27. The van der Waals surface area contributed by atoms with Crippen LogP contribution in [0.4, 0.5) is 0 Å². The van der Waals surface area contributed by atoms with Crippen LogP contribution in [0.2, 0.25) is 0 Å². The van der Waals surface area contributed by atoms with Crippen LogP contribution in [-0.2, 0) is 35.2 Å². The highest BCUT2D eigenvalue weighted by Gasteiger charge is 2.33. The van der Waals surface area contributed by atoms with Crippen molar-refractivity contribution < 1.29 is 39.0 Å². The highest BCUT2D eigenvalue weighted by atomic mass is 32.1. The number of amides is 4. The van der Waals surface area contributed by atoms with Gasteiger partial charge in [-0.2, -0.15) is 25.3 Å². The fourth-order valence-corrected chi connectivity index (χ4v) is 3.73. The molecule has 0 aliphatic heterocycles. The summed E-state index contributed by atoms with van der Waals surface area (Å²) in [6.07, 6.45) is -0.822. The number of thiol groups is 2. The van der Waals surface area contributed by atoms with Gasteiger partial charge in [0.25, 0.3) is 0 Å². The SMILES string of the molecule is CC(C)[C@H](NC(=O)[C@H](Cc1ccccc1)NC(=O)[C@H](CC(=O)O)NC(=O)[C@@H](N)CS)C(=O)N[C@@H](CS)C(=O)O. The summed E-state index contributed by atoms with van der Waals surface area (Å²) in [5.41, 5.74) is 6.25. The van der Waals surface area contributed by atoms with Crippen molar-refractivity contribution in [2.75, 3.05) is 11.5 Å². The van der Waals surface area contributed by atoms with Crippen LogP contribution in [0.15, 0.2) is 30.3 Å². The summed E-state index contributed by atoms with van der Waals surface area (Å²) >= 11 is 7.83. The number of benzene rings is 1. The van der Waals surface area contributed by atoms with Gasteiger partial charge in [0, 0.05) is 17.9 Å². The van der Waals surface area contributed by atoms with Gasteiger partial charge in [0.2, 0.25) is 23.6 Å². The van der Waals surface area contributed by atoms with Gasteiger partial charge in [0.1, 0.15) is 24.2 Å². The van der Waals surface area contributed by atoms with Crippen molar-refractivity contribution >= 4 is 60.8 Å². The minimum Gasteiger partial charge on any atom is -0.481 e. The Morgan fingerprint density at radius 2 is 1.31 bits per heavy atom. The number of aliphatic carboxylic acids is 2. The Balaban J connectivity index is 3.21. The van der Waals surface area contributed by atoms with Crippen LogP contribution < -0.4 is 27.0 Å². The first-order valence-corrected chi connectivity index (χ1v) is 13.2. The van der Waals surface area contributed by atoms with Crippen LogP contribution in [0.3, 0.4) is 0 Å². The van der Waals surface area contributed by atoms with Gasteiger partial charge >= 0.3 is 11.9 Å². The average Bonchev–Trinajstić information content (AvgIpc) is 2.88. The maximum atomic E-state index is 13.3. The molecule has 8 N–H and O–H groups in total. The highest BCUT2D eigenvalue weighted by molar-refractivity contribution is 7.80. The van der Waals surface area contributed by atoms with Crippen LogP contribution in [-0.4, -0.2) is 87.5 Å². The van der Waals surface area contributed by atoms with Crippen LogP contribution in [0.25, 0.3) is 0 Å². The molecular weight excluding hydrogens is 550 g/mol. The second-order valence-corrected chi connectivity index (χ2v) is 9.74. The molecule has 0 saturated carbocycles. The van der Waals surface area contributed by atoms with Gasteiger partial charge in [-0.1, -0.05) is 44.2 Å². The predicted molar refractivity (Wildman–Crippen MR) is 148 cm³/mol. The Morgan fingerprint density at radius 1 is 0.769 bits per heavy atom. The summed E-state index contributed by atoms with van der Waals surface area (Å²) in [4.78, 5) is 74.1. The molecule has 0 unspecified atom stereocenters. The zero-order valence-electron chi connectivity index (χ0n) is 21.5. The second-order valence-electron chi connectivity index (χ2n) is 9.01. The molecule has 0 bridgehead atoms. The summed E-state index contributed by atoms with van der Waals surface area (Å²) in [6, 6.07) is 2.18. The van der Waals surface area contributed by atoms with E-state index in [-0.39, 0.29) is 17.9 Å². The molecule has 0 saturated heterocycles. The van der Waals surface area contributed by atoms with Crippen LogP contribution in [0, 0.1) is 5.92 Å². The summed E-state index contributed by atoms with van der Waals surface area (Å²) < 4.78 is 0. The number of hydrogen-bond acceptors (Lipinski definition) is 9. The van der Waals surface area contributed by atoms with Crippen molar-refractivity contribution in [2.45, 2.75) is 56.9 Å². The number of carbonyl (C=O) groups excluding carboxylic acids is 4. The maximum Gasteiger partial charge on any atom is 0.327 e. The first kappa shape index (κ1) is 33.7. The number of carbonyl (C=O) groups is 6. The molecule has 0 heterocycles. The molecule has 0 spiro atoms. The van der Waals surface area contributed by atoms with Gasteiger partial charge in [-0.25, -0.2) is 4.79 Å². The van der Waals surface area contributed by atoms with Gasteiger partial charge in [-0.3, -0.25) is 24.0 Å². The first-order valence-electron chi connectivity index (χ1n) is 12.0. The molecule has 0 fully saturated rings. The Labute approximate surface area is 236 Å². The molecule has 1 aromatic rings. The number of nitrogens with two attached hydrogens (primary N) is 1. The largest absolute Gasteiger partial charge is 0.481 e. The van der Waals surface area contributed by atoms with Gasteiger partial charge in [0.15, 0.2) is 0 Å². The number of hydrogen-bond donors (Lipinski definition) is 9. The second kappa shape index (κ2) is 16.6. The summed E-state index contributed by atoms with van der Waals surface area (Å²) in [5, 5.41) is 28.0. The van der Waals surface area contributed by atoms with E-state index in [9.17, 15) is 39.0 Å². The Bertz CT molecular complexity index is 1030. The third-order valence-corrected chi connectivity index (χ3v) is 6.26. The van der Waals surface area contributed by atoms with Crippen molar-refractivity contribution in [1.29, 1.82) is 0 Å². The molecule has 1 rings (SSSR count). The third kappa shape index (κ3) is 11.5. The van der Waals surface area contributed by atoms with E-state index in [0.29, 0.717) is 5.56 Å². The Hall–Kier alpha value is -3.30. The summed E-state index contributed by atoms with van der Waals surface area (Å²) in [5.74, 6) is -6.70. The van der Waals surface area contributed by atoms with E-state index in [2.05, 4.69) is 46.5 Å². The first-order chi connectivity index (χ1) is 18.3. The smallest absolute Gasteiger partial charge is 0.327 e. The number of rotatable bonds is 16. The van der Waals surface area contributed by atoms with Gasteiger partial charge in [-0.05, 0) is 11.5 Å². The van der Waals surface area contributed by atoms with E-state index in [1.165, 1.54) is 0 Å². The van der Waals surface area contributed by atoms with Gasteiger partial charge < -0.3 is 37.2 Å². The van der Waals surface area contributed by atoms with Crippen LogP contribution in [0.1, 0.15) is 25.8 Å². The van der Waals surface area contributed by atoms with E-state index >= 15 is 0 Å². The normalized spacial score (nSPS) is 14.7. The maximum absolute atomic E-state index is 13.3. The zero-order valence-corrected chi connectivity index (χ0v) is 23.3. The van der Waals surface area contributed by atoms with E-state index in [0.717, 1.165) is 0 Å². The Kier molecular flexibility index (Phi) is 14.4. The van der Waals surface area contributed by atoms with Crippen molar-refractivity contribution in [2.24, 2.45) is 11.7 Å². The van der Waals surface area contributed by atoms with Crippen LogP contribution in [0.5, 0.6) is 0 Å². The minimum absolute atomic E-state index is 0.0386. The zero-order chi connectivity index (χ0) is 29.7. The van der Waals surface area contributed by atoms with Crippen LogP contribution >= 0.6 is 25.3 Å². The minimum atomic E-state index is -1.55. The lowest BCUT2D eigenvalue weighted by Crippen LogP contribution is -2.60. The quantitative estimate of drug-likeness (QED) is 0.104.